The first-order valence-electron chi connectivity index (χ1n) is 9.39. The van der Waals surface area contributed by atoms with Crippen LogP contribution in [0.15, 0.2) is 60.7 Å². The van der Waals surface area contributed by atoms with Crippen LogP contribution in [-0.4, -0.2) is 17.0 Å². The summed E-state index contributed by atoms with van der Waals surface area (Å²) in [6.45, 7) is 11.6. The SMILES string of the molecule is CC(C)(C)OOC(Cc1ccccc1)(Cc1ccccc1)OOC(C)(C)C. The molecule has 0 fully saturated rings. The molecule has 0 atom stereocenters. The quantitative estimate of drug-likeness (QED) is 0.340. The minimum Gasteiger partial charge on any atom is -0.228 e. The maximum atomic E-state index is 5.95. The molecule has 0 aliphatic carbocycles. The summed E-state index contributed by atoms with van der Waals surface area (Å²) >= 11 is 0. The van der Waals surface area contributed by atoms with Crippen LogP contribution in [0, 0.1) is 0 Å². The predicted octanol–water partition coefficient (Wildman–Crippen LogP) is 5.66. The average molecular weight is 373 g/mol. The monoisotopic (exact) mass is 372 g/mol. The number of hydrogen-bond acceptors (Lipinski definition) is 4. The zero-order valence-corrected chi connectivity index (χ0v) is 17.3. The van der Waals surface area contributed by atoms with Gasteiger partial charge in [-0.15, -0.1) is 0 Å². The highest BCUT2D eigenvalue weighted by Gasteiger charge is 2.39. The van der Waals surface area contributed by atoms with Crippen LogP contribution < -0.4 is 0 Å². The van der Waals surface area contributed by atoms with Gasteiger partial charge in [-0.3, -0.25) is 0 Å². The second kappa shape index (κ2) is 8.98. The van der Waals surface area contributed by atoms with Crippen molar-refractivity contribution >= 4 is 0 Å². The maximum absolute atomic E-state index is 5.95. The average Bonchev–Trinajstić information content (AvgIpc) is 2.59. The van der Waals surface area contributed by atoms with E-state index in [2.05, 4.69) is 0 Å². The Kier molecular flexibility index (Phi) is 7.18. The fraction of sp³-hybridized carbons (Fsp3) is 0.478. The third-order valence-electron chi connectivity index (χ3n) is 3.52. The van der Waals surface area contributed by atoms with E-state index in [4.69, 9.17) is 19.6 Å². The Morgan fingerprint density at radius 3 is 1.15 bits per heavy atom. The van der Waals surface area contributed by atoms with Crippen LogP contribution in [0.25, 0.3) is 0 Å². The van der Waals surface area contributed by atoms with Crippen LogP contribution in [0.1, 0.15) is 52.7 Å². The molecule has 148 valence electrons. The summed E-state index contributed by atoms with van der Waals surface area (Å²) in [5, 5.41) is 0. The van der Waals surface area contributed by atoms with Crippen molar-refractivity contribution in [2.24, 2.45) is 0 Å². The van der Waals surface area contributed by atoms with Crippen molar-refractivity contribution in [1.29, 1.82) is 0 Å². The van der Waals surface area contributed by atoms with E-state index < -0.39 is 17.0 Å². The lowest BCUT2D eigenvalue weighted by Gasteiger charge is -2.35. The molecule has 0 N–H and O–H groups in total. The van der Waals surface area contributed by atoms with Gasteiger partial charge in [0, 0.05) is 12.8 Å². The van der Waals surface area contributed by atoms with Crippen molar-refractivity contribution in [3.05, 3.63) is 71.8 Å². The second-order valence-electron chi connectivity index (χ2n) is 8.79. The Morgan fingerprint density at radius 2 is 0.852 bits per heavy atom. The summed E-state index contributed by atoms with van der Waals surface area (Å²) in [5.41, 5.74) is 1.18. The van der Waals surface area contributed by atoms with E-state index in [1.807, 2.05) is 102 Å². The third-order valence-corrected chi connectivity index (χ3v) is 3.52. The van der Waals surface area contributed by atoms with Gasteiger partial charge in [-0.1, -0.05) is 60.7 Å². The van der Waals surface area contributed by atoms with Crippen LogP contribution in [0.2, 0.25) is 0 Å². The zero-order chi connectivity index (χ0) is 20.0. The summed E-state index contributed by atoms with van der Waals surface area (Å²) in [5.74, 6) is -1.12. The molecule has 0 amide bonds. The van der Waals surface area contributed by atoms with Crippen molar-refractivity contribution in [2.45, 2.75) is 71.4 Å². The van der Waals surface area contributed by atoms with E-state index in [0.29, 0.717) is 12.8 Å². The summed E-state index contributed by atoms with van der Waals surface area (Å²) in [6, 6.07) is 20.1. The van der Waals surface area contributed by atoms with Crippen LogP contribution in [-0.2, 0) is 32.4 Å². The lowest BCUT2D eigenvalue weighted by Crippen LogP contribution is -2.44. The summed E-state index contributed by atoms with van der Waals surface area (Å²) in [7, 11) is 0. The topological polar surface area (TPSA) is 36.9 Å². The molecule has 0 saturated heterocycles. The summed E-state index contributed by atoms with van der Waals surface area (Å²) < 4.78 is 0. The fourth-order valence-electron chi connectivity index (χ4n) is 2.41. The molecule has 0 spiro atoms. The smallest absolute Gasteiger partial charge is 0.228 e. The molecule has 2 aromatic carbocycles. The molecule has 2 aromatic rings. The molecule has 0 saturated carbocycles. The van der Waals surface area contributed by atoms with Gasteiger partial charge < -0.3 is 0 Å². The molecular weight excluding hydrogens is 340 g/mol. The highest BCUT2D eigenvalue weighted by Crippen LogP contribution is 2.29. The molecule has 0 bridgehead atoms. The van der Waals surface area contributed by atoms with Crippen LogP contribution in [0.4, 0.5) is 0 Å². The first-order chi connectivity index (χ1) is 12.6. The van der Waals surface area contributed by atoms with Gasteiger partial charge in [0.1, 0.15) is 0 Å². The van der Waals surface area contributed by atoms with Crippen molar-refractivity contribution in [1.82, 2.24) is 0 Å². The zero-order valence-electron chi connectivity index (χ0n) is 17.3. The molecule has 4 nitrogen and oxygen atoms in total. The Balaban J connectivity index is 2.34. The number of hydrogen-bond donors (Lipinski definition) is 0. The van der Waals surface area contributed by atoms with Gasteiger partial charge in [-0.25, -0.2) is 9.78 Å². The summed E-state index contributed by atoms with van der Waals surface area (Å²) in [4.78, 5) is 23.3. The molecular formula is C23H32O4. The van der Waals surface area contributed by atoms with Crippen LogP contribution in [0.5, 0.6) is 0 Å². The lowest BCUT2D eigenvalue weighted by molar-refractivity contribution is -0.540. The van der Waals surface area contributed by atoms with Crippen molar-refractivity contribution < 1.29 is 19.6 Å². The number of rotatable bonds is 8. The summed E-state index contributed by atoms with van der Waals surface area (Å²) in [6.07, 6.45) is 0.962. The normalized spacial score (nSPS) is 13.0. The van der Waals surface area contributed by atoms with E-state index in [-0.39, 0.29) is 0 Å². The molecule has 0 radical (unpaired) electrons. The van der Waals surface area contributed by atoms with E-state index in [1.165, 1.54) is 0 Å². The van der Waals surface area contributed by atoms with E-state index in [9.17, 15) is 0 Å². The van der Waals surface area contributed by atoms with Gasteiger partial charge in [0.05, 0.1) is 11.2 Å². The molecule has 2 rings (SSSR count). The Bertz CT molecular complexity index is 608. The van der Waals surface area contributed by atoms with E-state index >= 15 is 0 Å². The molecule has 0 aliphatic heterocycles. The number of benzene rings is 2. The van der Waals surface area contributed by atoms with Gasteiger partial charge in [0.25, 0.3) is 0 Å². The standard InChI is InChI=1S/C23H32O4/c1-21(2,3)24-26-23(27-25-22(4,5)6,17-19-13-9-7-10-14-19)18-20-15-11-8-12-16-20/h7-16H,17-18H2,1-6H3. The molecule has 0 aliphatic rings. The minimum atomic E-state index is -1.12. The highest BCUT2D eigenvalue weighted by molar-refractivity contribution is 5.20. The minimum absolute atomic E-state index is 0.481. The Labute approximate surface area is 163 Å². The van der Waals surface area contributed by atoms with Gasteiger partial charge in [-0.2, -0.15) is 9.78 Å². The lowest BCUT2D eigenvalue weighted by atomic mass is 9.98. The third kappa shape index (κ3) is 8.22. The van der Waals surface area contributed by atoms with E-state index in [1.54, 1.807) is 0 Å². The van der Waals surface area contributed by atoms with Gasteiger partial charge >= 0.3 is 0 Å². The van der Waals surface area contributed by atoms with Gasteiger partial charge in [0.15, 0.2) is 0 Å². The largest absolute Gasteiger partial charge is 0.241 e. The van der Waals surface area contributed by atoms with Crippen molar-refractivity contribution in [3.63, 3.8) is 0 Å². The predicted molar refractivity (Wildman–Crippen MR) is 107 cm³/mol. The maximum Gasteiger partial charge on any atom is 0.241 e. The fourth-order valence-corrected chi connectivity index (χ4v) is 2.41. The molecule has 0 heterocycles. The molecule has 0 unspecified atom stereocenters. The first kappa shape index (κ1) is 21.6. The van der Waals surface area contributed by atoms with E-state index in [0.717, 1.165) is 11.1 Å². The van der Waals surface area contributed by atoms with Gasteiger partial charge in [0.2, 0.25) is 5.79 Å². The Morgan fingerprint density at radius 1 is 0.519 bits per heavy atom. The molecule has 27 heavy (non-hydrogen) atoms. The van der Waals surface area contributed by atoms with Crippen LogP contribution in [0.3, 0.4) is 0 Å². The highest BCUT2D eigenvalue weighted by atomic mass is 17.3. The Hall–Kier alpha value is -1.72. The van der Waals surface area contributed by atoms with Crippen molar-refractivity contribution in [3.8, 4) is 0 Å². The first-order valence-corrected chi connectivity index (χ1v) is 9.39. The molecule has 4 heteroatoms. The van der Waals surface area contributed by atoms with Gasteiger partial charge in [-0.05, 0) is 52.7 Å². The molecule has 0 aromatic heterocycles. The van der Waals surface area contributed by atoms with Crippen molar-refractivity contribution in [2.75, 3.05) is 0 Å². The second-order valence-corrected chi connectivity index (χ2v) is 8.79. The van der Waals surface area contributed by atoms with Crippen LogP contribution >= 0.6 is 0 Å².